The number of rotatable bonds is 4. The minimum Gasteiger partial charge on any atom is -0.398 e. The molecular weight excluding hydrogens is 206 g/mol. The van der Waals surface area contributed by atoms with Crippen LogP contribution >= 0.6 is 11.3 Å². The largest absolute Gasteiger partial charge is 0.398 e. The van der Waals surface area contributed by atoms with Crippen LogP contribution in [0.2, 0.25) is 0 Å². The Balaban J connectivity index is 1.86. The van der Waals surface area contributed by atoms with Crippen LogP contribution in [0, 0.1) is 0 Å². The van der Waals surface area contributed by atoms with E-state index >= 15 is 0 Å². The molecule has 4 heteroatoms. The van der Waals surface area contributed by atoms with Crippen molar-refractivity contribution in [1.82, 2.24) is 10.3 Å². The minimum absolute atomic E-state index is 0.782. The predicted molar refractivity (Wildman–Crippen MR) is 63.5 cm³/mol. The molecule has 0 aliphatic carbocycles. The number of nitrogens with two attached hydrogens (primary N) is 1. The molecular formula is C11H13N3S. The van der Waals surface area contributed by atoms with Gasteiger partial charge in [0.25, 0.3) is 0 Å². The molecule has 3 nitrogen and oxygen atoms in total. The highest BCUT2D eigenvalue weighted by Gasteiger charge is 1.98. The van der Waals surface area contributed by atoms with Gasteiger partial charge in [0.1, 0.15) is 0 Å². The normalized spacial score (nSPS) is 10.4. The Bertz CT molecular complexity index is 412. The van der Waals surface area contributed by atoms with Crippen LogP contribution in [0.5, 0.6) is 0 Å². The first kappa shape index (κ1) is 10.1. The van der Waals surface area contributed by atoms with E-state index in [1.165, 1.54) is 0 Å². The first-order valence-corrected chi connectivity index (χ1v) is 5.71. The molecule has 1 aromatic heterocycles. The number of hydrogen-bond donors (Lipinski definition) is 2. The van der Waals surface area contributed by atoms with Crippen LogP contribution in [0.4, 0.5) is 5.69 Å². The molecule has 0 unspecified atom stereocenters. The molecule has 3 N–H and O–H groups in total. The Morgan fingerprint density at radius 2 is 2.13 bits per heavy atom. The zero-order valence-electron chi connectivity index (χ0n) is 8.31. The summed E-state index contributed by atoms with van der Waals surface area (Å²) in [5.41, 5.74) is 10.7. The number of para-hydroxylation sites is 1. The van der Waals surface area contributed by atoms with Crippen molar-refractivity contribution in [2.45, 2.75) is 13.1 Å². The van der Waals surface area contributed by atoms with Crippen molar-refractivity contribution >= 4 is 17.0 Å². The Hall–Kier alpha value is -1.39. The van der Waals surface area contributed by atoms with Gasteiger partial charge < -0.3 is 11.1 Å². The van der Waals surface area contributed by atoms with Gasteiger partial charge in [-0.15, -0.1) is 11.3 Å². The van der Waals surface area contributed by atoms with E-state index in [1.807, 2.05) is 35.2 Å². The van der Waals surface area contributed by atoms with Crippen molar-refractivity contribution in [2.75, 3.05) is 5.73 Å². The molecule has 0 radical (unpaired) electrons. The van der Waals surface area contributed by atoms with Gasteiger partial charge in [-0.05, 0) is 11.6 Å². The van der Waals surface area contributed by atoms with Gasteiger partial charge in [-0.2, -0.15) is 0 Å². The molecule has 0 aliphatic heterocycles. The molecule has 0 aliphatic rings. The monoisotopic (exact) mass is 219 g/mol. The highest BCUT2D eigenvalue weighted by molar-refractivity contribution is 7.07. The van der Waals surface area contributed by atoms with Gasteiger partial charge in [0.05, 0.1) is 11.2 Å². The predicted octanol–water partition coefficient (Wildman–Crippen LogP) is 2.02. The van der Waals surface area contributed by atoms with Gasteiger partial charge in [-0.1, -0.05) is 18.2 Å². The average Bonchev–Trinajstić information content (AvgIpc) is 2.74. The molecule has 15 heavy (non-hydrogen) atoms. The van der Waals surface area contributed by atoms with Gasteiger partial charge in [0.2, 0.25) is 0 Å². The highest BCUT2D eigenvalue weighted by atomic mass is 32.1. The first-order valence-electron chi connectivity index (χ1n) is 4.77. The number of aromatic nitrogens is 1. The smallest absolute Gasteiger partial charge is 0.0795 e. The SMILES string of the molecule is Nc1ccccc1CNCc1cscn1. The maximum Gasteiger partial charge on any atom is 0.0795 e. The summed E-state index contributed by atoms with van der Waals surface area (Å²) in [6.07, 6.45) is 0. The van der Waals surface area contributed by atoms with E-state index in [-0.39, 0.29) is 0 Å². The van der Waals surface area contributed by atoms with Gasteiger partial charge in [0, 0.05) is 24.2 Å². The third kappa shape index (κ3) is 2.78. The third-order valence-electron chi connectivity index (χ3n) is 2.16. The van der Waals surface area contributed by atoms with Crippen LogP contribution in [0.25, 0.3) is 0 Å². The van der Waals surface area contributed by atoms with Crippen LogP contribution in [0.15, 0.2) is 35.2 Å². The second-order valence-corrected chi connectivity index (χ2v) is 4.00. The van der Waals surface area contributed by atoms with Crippen molar-refractivity contribution in [2.24, 2.45) is 0 Å². The fraction of sp³-hybridized carbons (Fsp3) is 0.182. The van der Waals surface area contributed by atoms with Crippen molar-refractivity contribution in [3.63, 3.8) is 0 Å². The number of nitrogens with zero attached hydrogens (tertiary/aromatic N) is 1. The van der Waals surface area contributed by atoms with Gasteiger partial charge in [-0.25, -0.2) is 4.98 Å². The van der Waals surface area contributed by atoms with Crippen molar-refractivity contribution in [3.8, 4) is 0 Å². The summed E-state index contributed by atoms with van der Waals surface area (Å²) in [5, 5.41) is 5.35. The molecule has 0 bridgehead atoms. The van der Waals surface area contributed by atoms with Crippen LogP contribution in [-0.4, -0.2) is 4.98 Å². The minimum atomic E-state index is 0.782. The van der Waals surface area contributed by atoms with Crippen LogP contribution in [0.3, 0.4) is 0 Å². The lowest BCUT2D eigenvalue weighted by Crippen LogP contribution is -2.13. The topological polar surface area (TPSA) is 50.9 Å². The van der Waals surface area contributed by atoms with E-state index in [0.29, 0.717) is 0 Å². The summed E-state index contributed by atoms with van der Waals surface area (Å²) < 4.78 is 0. The van der Waals surface area contributed by atoms with Crippen molar-refractivity contribution < 1.29 is 0 Å². The number of thiazole rings is 1. The molecule has 0 fully saturated rings. The zero-order chi connectivity index (χ0) is 10.5. The molecule has 1 aromatic carbocycles. The average molecular weight is 219 g/mol. The molecule has 0 amide bonds. The van der Waals surface area contributed by atoms with Crippen molar-refractivity contribution in [1.29, 1.82) is 0 Å². The van der Waals surface area contributed by atoms with Gasteiger partial charge in [0.15, 0.2) is 0 Å². The number of benzene rings is 1. The fourth-order valence-electron chi connectivity index (χ4n) is 1.35. The summed E-state index contributed by atoms with van der Waals surface area (Å²) in [7, 11) is 0. The van der Waals surface area contributed by atoms with E-state index in [0.717, 1.165) is 30.0 Å². The quantitative estimate of drug-likeness (QED) is 0.773. The Labute approximate surface area is 93.0 Å². The summed E-state index contributed by atoms with van der Waals surface area (Å²) in [6.45, 7) is 1.57. The number of anilines is 1. The second-order valence-electron chi connectivity index (χ2n) is 3.28. The lowest BCUT2D eigenvalue weighted by atomic mass is 10.2. The molecule has 0 spiro atoms. The summed E-state index contributed by atoms with van der Waals surface area (Å²) in [4.78, 5) is 4.19. The maximum atomic E-state index is 5.83. The van der Waals surface area contributed by atoms with Crippen molar-refractivity contribution in [3.05, 3.63) is 46.4 Å². The molecule has 0 atom stereocenters. The Kier molecular flexibility index (Phi) is 3.32. The van der Waals surface area contributed by atoms with E-state index < -0.39 is 0 Å². The third-order valence-corrected chi connectivity index (χ3v) is 2.80. The first-order chi connectivity index (χ1) is 7.36. The standard InChI is InChI=1S/C11H13N3S/c12-11-4-2-1-3-9(11)5-13-6-10-7-15-8-14-10/h1-4,7-8,13H,5-6,12H2. The molecule has 0 saturated carbocycles. The maximum absolute atomic E-state index is 5.83. The second kappa shape index (κ2) is 4.91. The molecule has 78 valence electrons. The number of hydrogen-bond acceptors (Lipinski definition) is 4. The molecule has 2 aromatic rings. The molecule has 2 rings (SSSR count). The van der Waals surface area contributed by atoms with E-state index in [2.05, 4.69) is 10.3 Å². The number of nitrogen functional groups attached to an aromatic ring is 1. The van der Waals surface area contributed by atoms with E-state index in [9.17, 15) is 0 Å². The Morgan fingerprint density at radius 1 is 1.27 bits per heavy atom. The van der Waals surface area contributed by atoms with E-state index in [1.54, 1.807) is 11.3 Å². The lowest BCUT2D eigenvalue weighted by Gasteiger charge is -2.05. The highest BCUT2D eigenvalue weighted by Crippen LogP contribution is 2.10. The molecule has 1 heterocycles. The summed E-state index contributed by atoms with van der Waals surface area (Å²) in [5.74, 6) is 0. The fourth-order valence-corrected chi connectivity index (χ4v) is 1.90. The summed E-state index contributed by atoms with van der Waals surface area (Å²) in [6, 6.07) is 7.89. The van der Waals surface area contributed by atoms with Gasteiger partial charge >= 0.3 is 0 Å². The van der Waals surface area contributed by atoms with Crippen LogP contribution in [0.1, 0.15) is 11.3 Å². The van der Waals surface area contributed by atoms with E-state index in [4.69, 9.17) is 5.73 Å². The van der Waals surface area contributed by atoms with Gasteiger partial charge in [-0.3, -0.25) is 0 Å². The Morgan fingerprint density at radius 3 is 2.87 bits per heavy atom. The van der Waals surface area contributed by atoms with Crippen LogP contribution < -0.4 is 11.1 Å². The number of nitrogens with one attached hydrogen (secondary N) is 1. The summed E-state index contributed by atoms with van der Waals surface area (Å²) >= 11 is 1.61. The zero-order valence-corrected chi connectivity index (χ0v) is 9.13. The molecule has 0 saturated heterocycles. The lowest BCUT2D eigenvalue weighted by molar-refractivity contribution is 0.684. The van der Waals surface area contributed by atoms with Crippen LogP contribution in [-0.2, 0) is 13.1 Å².